The number of hydrogen-bond acceptors (Lipinski definition) is 1. The lowest BCUT2D eigenvalue weighted by atomic mass is 9.73. The van der Waals surface area contributed by atoms with Crippen LogP contribution in [0.4, 0.5) is 0 Å². The van der Waals surface area contributed by atoms with Crippen LogP contribution >= 0.6 is 0 Å². The van der Waals surface area contributed by atoms with Crippen molar-refractivity contribution in [2.24, 2.45) is 5.73 Å². The monoisotopic (exact) mass is 133 g/mol. The summed E-state index contributed by atoms with van der Waals surface area (Å²) in [5.41, 5.74) is 8.06. The average Bonchev–Trinajstić information content (AvgIpc) is 2.05. The molecule has 52 valence electrons. The van der Waals surface area contributed by atoms with Crippen LogP contribution in [-0.2, 0) is 6.54 Å². The van der Waals surface area contributed by atoms with Gasteiger partial charge in [-0.1, -0.05) is 36.6 Å². The Labute approximate surface area is 62.5 Å². The normalized spacial score (nSPS) is 9.40. The fourth-order valence-electron chi connectivity index (χ4n) is 0.977. The quantitative estimate of drug-likeness (QED) is 0.575. The molecule has 0 spiro atoms. The summed E-state index contributed by atoms with van der Waals surface area (Å²) in [6, 6.07) is 8.39. The van der Waals surface area contributed by atoms with E-state index in [0.29, 0.717) is 6.54 Å². The van der Waals surface area contributed by atoms with Gasteiger partial charge in [0, 0.05) is 6.54 Å². The Morgan fingerprint density at radius 1 is 1.50 bits per heavy atom. The van der Waals surface area contributed by atoms with Crippen LogP contribution in [0.15, 0.2) is 24.3 Å². The number of hydrogen-bond donors (Lipinski definition) is 1. The first-order valence-electron chi connectivity index (χ1n) is 3.64. The number of benzene rings is 1. The number of rotatable bonds is 2. The Hall–Kier alpha value is -0.755. The zero-order chi connectivity index (χ0) is 7.40. The van der Waals surface area contributed by atoms with Gasteiger partial charge in [-0.25, -0.2) is 0 Å². The molecule has 1 aromatic rings. The summed E-state index contributed by atoms with van der Waals surface area (Å²) in [6.45, 7) is 2.80. The minimum absolute atomic E-state index is 0.647. The summed E-state index contributed by atoms with van der Waals surface area (Å²) in [6.07, 6.45) is 0. The second kappa shape index (κ2) is 3.42. The predicted molar refractivity (Wildman–Crippen MR) is 47.0 cm³/mol. The molecule has 2 heteroatoms. The maximum atomic E-state index is 5.47. The van der Waals surface area contributed by atoms with Crippen molar-refractivity contribution >= 4 is 12.7 Å². The van der Waals surface area contributed by atoms with Crippen molar-refractivity contribution in [3.63, 3.8) is 0 Å². The van der Waals surface area contributed by atoms with Crippen molar-refractivity contribution in [2.75, 3.05) is 0 Å². The fraction of sp³-hybridized carbons (Fsp3) is 0.250. The lowest BCUT2D eigenvalue weighted by Gasteiger charge is -1.98. The van der Waals surface area contributed by atoms with E-state index < -0.39 is 0 Å². The van der Waals surface area contributed by atoms with Crippen molar-refractivity contribution in [2.45, 2.75) is 13.4 Å². The molecular formula is C8H12BN. The van der Waals surface area contributed by atoms with E-state index in [-0.39, 0.29) is 0 Å². The third kappa shape index (κ3) is 1.61. The molecule has 0 radical (unpaired) electrons. The summed E-state index contributed by atoms with van der Waals surface area (Å²) >= 11 is 0. The molecule has 0 amide bonds. The van der Waals surface area contributed by atoms with Gasteiger partial charge in [-0.05, 0) is 5.56 Å². The molecule has 0 unspecified atom stereocenters. The van der Waals surface area contributed by atoms with Gasteiger partial charge in [0.15, 0.2) is 7.28 Å². The molecule has 0 heterocycles. The minimum Gasteiger partial charge on any atom is -0.326 e. The highest BCUT2D eigenvalue weighted by Gasteiger charge is 1.90. The molecule has 2 N–H and O–H groups in total. The second-order valence-electron chi connectivity index (χ2n) is 2.38. The van der Waals surface area contributed by atoms with Gasteiger partial charge >= 0.3 is 0 Å². The van der Waals surface area contributed by atoms with Crippen molar-refractivity contribution in [1.29, 1.82) is 0 Å². The molecule has 0 saturated heterocycles. The maximum Gasteiger partial charge on any atom is 0.154 e. The third-order valence-electron chi connectivity index (χ3n) is 1.64. The van der Waals surface area contributed by atoms with Crippen LogP contribution in [0, 0.1) is 0 Å². The van der Waals surface area contributed by atoms with Crippen LogP contribution in [-0.4, -0.2) is 7.28 Å². The van der Waals surface area contributed by atoms with Crippen molar-refractivity contribution in [3.8, 4) is 0 Å². The first-order valence-corrected chi connectivity index (χ1v) is 3.64. The Morgan fingerprint density at radius 3 is 2.90 bits per heavy atom. The predicted octanol–water partition coefficient (Wildman–Crippen LogP) is 0.255. The molecule has 1 nitrogen and oxygen atoms in total. The Kier molecular flexibility index (Phi) is 2.52. The molecular weight excluding hydrogens is 121 g/mol. The fourth-order valence-corrected chi connectivity index (χ4v) is 0.977. The molecule has 1 rings (SSSR count). The zero-order valence-electron chi connectivity index (χ0n) is 6.30. The van der Waals surface area contributed by atoms with Crippen molar-refractivity contribution < 1.29 is 0 Å². The second-order valence-corrected chi connectivity index (χ2v) is 2.38. The summed E-state index contributed by atoms with van der Waals surface area (Å²) in [7, 11) is 1.09. The molecule has 0 atom stereocenters. The molecule has 0 aromatic heterocycles. The highest BCUT2D eigenvalue weighted by molar-refractivity contribution is 6.51. The lowest BCUT2D eigenvalue weighted by Crippen LogP contribution is -2.11. The van der Waals surface area contributed by atoms with Crippen LogP contribution < -0.4 is 11.2 Å². The van der Waals surface area contributed by atoms with Gasteiger partial charge < -0.3 is 5.73 Å². The molecule has 10 heavy (non-hydrogen) atoms. The van der Waals surface area contributed by atoms with Gasteiger partial charge in [0.1, 0.15) is 0 Å². The van der Waals surface area contributed by atoms with Crippen LogP contribution in [0.1, 0.15) is 5.56 Å². The van der Waals surface area contributed by atoms with Gasteiger partial charge in [-0.2, -0.15) is 0 Å². The van der Waals surface area contributed by atoms with E-state index in [1.165, 1.54) is 11.0 Å². The van der Waals surface area contributed by atoms with Crippen LogP contribution in [0.5, 0.6) is 0 Å². The molecule has 0 aliphatic rings. The van der Waals surface area contributed by atoms with Gasteiger partial charge in [-0.15, -0.1) is 0 Å². The molecule has 0 aliphatic carbocycles. The summed E-state index contributed by atoms with van der Waals surface area (Å²) < 4.78 is 0. The zero-order valence-corrected chi connectivity index (χ0v) is 6.30. The van der Waals surface area contributed by atoms with E-state index in [1.807, 2.05) is 0 Å². The summed E-state index contributed by atoms with van der Waals surface area (Å²) in [4.78, 5) is 0. The first-order chi connectivity index (χ1) is 4.86. The average molecular weight is 133 g/mol. The van der Waals surface area contributed by atoms with Crippen LogP contribution in [0.3, 0.4) is 0 Å². The third-order valence-corrected chi connectivity index (χ3v) is 1.64. The molecule has 0 saturated carbocycles. The standard InChI is InChI=1S/C8H12BN/c1-9-8-4-2-3-7(5-8)6-10/h2-5,9H,6,10H2,1H3. The van der Waals surface area contributed by atoms with Gasteiger partial charge in [0.05, 0.1) is 0 Å². The first kappa shape index (κ1) is 7.35. The van der Waals surface area contributed by atoms with Crippen LogP contribution in [0.25, 0.3) is 0 Å². The van der Waals surface area contributed by atoms with Crippen molar-refractivity contribution in [3.05, 3.63) is 29.8 Å². The molecule has 1 aromatic carbocycles. The van der Waals surface area contributed by atoms with E-state index in [2.05, 4.69) is 31.1 Å². The maximum absolute atomic E-state index is 5.47. The SMILES string of the molecule is CBc1cccc(CN)c1. The number of nitrogens with two attached hydrogens (primary N) is 1. The Bertz CT molecular complexity index is 191. The summed E-state index contributed by atoms with van der Waals surface area (Å²) in [5.74, 6) is 0. The Balaban J connectivity index is 2.87. The minimum atomic E-state index is 0.647. The van der Waals surface area contributed by atoms with E-state index in [1.54, 1.807) is 0 Å². The largest absolute Gasteiger partial charge is 0.326 e. The van der Waals surface area contributed by atoms with Crippen molar-refractivity contribution in [1.82, 2.24) is 0 Å². The van der Waals surface area contributed by atoms with Gasteiger partial charge in [0.25, 0.3) is 0 Å². The highest BCUT2D eigenvalue weighted by Crippen LogP contribution is 1.93. The Morgan fingerprint density at radius 2 is 2.30 bits per heavy atom. The van der Waals surface area contributed by atoms with E-state index in [0.717, 1.165) is 7.28 Å². The van der Waals surface area contributed by atoms with E-state index in [9.17, 15) is 0 Å². The molecule has 0 bridgehead atoms. The lowest BCUT2D eigenvalue weighted by molar-refractivity contribution is 1.07. The highest BCUT2D eigenvalue weighted by atomic mass is 14.5. The van der Waals surface area contributed by atoms with Crippen LogP contribution in [0.2, 0.25) is 6.82 Å². The van der Waals surface area contributed by atoms with Gasteiger partial charge in [0.2, 0.25) is 0 Å². The topological polar surface area (TPSA) is 26.0 Å². The van der Waals surface area contributed by atoms with E-state index in [4.69, 9.17) is 5.73 Å². The molecule has 0 aliphatic heterocycles. The van der Waals surface area contributed by atoms with E-state index >= 15 is 0 Å². The summed E-state index contributed by atoms with van der Waals surface area (Å²) in [5, 5.41) is 0. The smallest absolute Gasteiger partial charge is 0.154 e. The molecule has 0 fully saturated rings. The van der Waals surface area contributed by atoms with Gasteiger partial charge in [-0.3, -0.25) is 0 Å².